The molecule has 0 aromatic heterocycles. The highest BCUT2D eigenvalue weighted by atomic mass is 31.2. The highest BCUT2D eigenvalue weighted by Gasteiger charge is 2.14. The van der Waals surface area contributed by atoms with Crippen molar-refractivity contribution in [1.29, 1.82) is 0 Å². The number of benzene rings is 1. The first-order valence-electron chi connectivity index (χ1n) is 11.0. The van der Waals surface area contributed by atoms with Crippen molar-refractivity contribution in [3.05, 3.63) is 35.9 Å². The van der Waals surface area contributed by atoms with Crippen LogP contribution in [0.3, 0.4) is 0 Å². The summed E-state index contributed by atoms with van der Waals surface area (Å²) in [5.41, 5.74) is 1.46. The zero-order chi connectivity index (χ0) is 20.3. The third-order valence-electron chi connectivity index (χ3n) is 4.94. The first kappa shape index (κ1) is 25.3. The SMILES string of the molecule is O=P(O)(O)OOCCCCCCCCCCCCCCCCc1ccccc1. The lowest BCUT2D eigenvalue weighted by Gasteiger charge is -2.05. The van der Waals surface area contributed by atoms with Gasteiger partial charge in [0.25, 0.3) is 0 Å². The van der Waals surface area contributed by atoms with Crippen molar-refractivity contribution in [3.63, 3.8) is 0 Å². The normalized spacial score (nSPS) is 11.8. The van der Waals surface area contributed by atoms with Crippen LogP contribution in [0, 0.1) is 0 Å². The van der Waals surface area contributed by atoms with Gasteiger partial charge in [-0.05, 0) is 24.8 Å². The molecule has 162 valence electrons. The summed E-state index contributed by atoms with van der Waals surface area (Å²) in [5, 5.41) is 0. The summed E-state index contributed by atoms with van der Waals surface area (Å²) in [4.78, 5) is 21.4. The molecule has 0 spiro atoms. The van der Waals surface area contributed by atoms with Crippen LogP contribution in [-0.4, -0.2) is 16.4 Å². The van der Waals surface area contributed by atoms with Crippen molar-refractivity contribution in [2.75, 3.05) is 6.61 Å². The van der Waals surface area contributed by atoms with Crippen LogP contribution in [0.15, 0.2) is 30.3 Å². The predicted molar refractivity (Wildman–Crippen MR) is 114 cm³/mol. The molecule has 1 aromatic carbocycles. The molecule has 28 heavy (non-hydrogen) atoms. The number of unbranched alkanes of at least 4 members (excludes halogenated alkanes) is 13. The highest BCUT2D eigenvalue weighted by molar-refractivity contribution is 7.46. The van der Waals surface area contributed by atoms with Crippen LogP contribution in [0.25, 0.3) is 0 Å². The van der Waals surface area contributed by atoms with Crippen LogP contribution in [0.2, 0.25) is 0 Å². The van der Waals surface area contributed by atoms with Crippen molar-refractivity contribution in [3.8, 4) is 0 Å². The highest BCUT2D eigenvalue weighted by Crippen LogP contribution is 2.35. The van der Waals surface area contributed by atoms with Gasteiger partial charge in [0.05, 0.1) is 6.61 Å². The minimum atomic E-state index is -4.49. The molecule has 0 aliphatic heterocycles. The van der Waals surface area contributed by atoms with E-state index in [0.717, 1.165) is 19.3 Å². The summed E-state index contributed by atoms with van der Waals surface area (Å²) >= 11 is 0. The molecule has 6 heteroatoms. The quantitative estimate of drug-likeness (QED) is 0.114. The second-order valence-corrected chi connectivity index (χ2v) is 8.70. The fraction of sp³-hybridized carbons (Fsp3) is 0.727. The van der Waals surface area contributed by atoms with Gasteiger partial charge in [-0.1, -0.05) is 107 Å². The van der Waals surface area contributed by atoms with Crippen molar-refractivity contribution in [2.45, 2.75) is 96.3 Å². The lowest BCUT2D eigenvalue weighted by atomic mass is 10.0. The summed E-state index contributed by atoms with van der Waals surface area (Å²) in [7, 11) is -4.49. The molecule has 0 aliphatic carbocycles. The minimum absolute atomic E-state index is 0.233. The van der Waals surface area contributed by atoms with Crippen molar-refractivity contribution < 1.29 is 23.9 Å². The summed E-state index contributed by atoms with van der Waals surface area (Å²) in [5.74, 6) is 0. The maximum Gasteiger partial charge on any atom is 0.496 e. The van der Waals surface area contributed by atoms with Gasteiger partial charge in [-0.25, -0.2) is 9.45 Å². The molecule has 0 bridgehead atoms. The minimum Gasteiger partial charge on any atom is -0.301 e. The summed E-state index contributed by atoms with van der Waals surface area (Å²) < 4.78 is 14.3. The molecule has 0 aliphatic rings. The third kappa shape index (κ3) is 17.4. The molecule has 0 saturated heterocycles. The number of hydrogen-bond donors (Lipinski definition) is 2. The molecule has 0 amide bonds. The maximum absolute atomic E-state index is 10.4. The van der Waals surface area contributed by atoms with Crippen LogP contribution in [0.5, 0.6) is 0 Å². The van der Waals surface area contributed by atoms with E-state index in [2.05, 4.69) is 39.9 Å². The molecular weight excluding hydrogens is 375 g/mol. The average molecular weight is 415 g/mol. The summed E-state index contributed by atoms with van der Waals surface area (Å²) in [6.45, 7) is 0.233. The molecule has 0 saturated carbocycles. The van der Waals surface area contributed by atoms with Crippen LogP contribution >= 0.6 is 7.82 Å². The zero-order valence-corrected chi connectivity index (χ0v) is 18.2. The fourth-order valence-corrected chi connectivity index (χ4v) is 3.57. The number of phosphoric acid groups is 1. The Hall–Kier alpha value is -0.710. The Morgan fingerprint density at radius 2 is 1.07 bits per heavy atom. The monoisotopic (exact) mass is 414 g/mol. The molecular formula is C22H39O5P. The van der Waals surface area contributed by atoms with Gasteiger partial charge in [-0.15, -0.1) is 4.67 Å². The van der Waals surface area contributed by atoms with Crippen molar-refractivity contribution in [2.24, 2.45) is 0 Å². The van der Waals surface area contributed by atoms with Gasteiger partial charge in [0.2, 0.25) is 0 Å². The van der Waals surface area contributed by atoms with Gasteiger partial charge in [-0.2, -0.15) is 0 Å². The summed E-state index contributed by atoms with van der Waals surface area (Å²) in [6, 6.07) is 10.8. The topological polar surface area (TPSA) is 76.0 Å². The molecule has 0 atom stereocenters. The molecule has 0 radical (unpaired) electrons. The van der Waals surface area contributed by atoms with E-state index >= 15 is 0 Å². The lowest BCUT2D eigenvalue weighted by molar-refractivity contribution is -0.222. The Bertz CT molecular complexity index is 503. The van der Waals surface area contributed by atoms with E-state index < -0.39 is 7.82 Å². The Morgan fingerprint density at radius 3 is 1.54 bits per heavy atom. The Labute approximate surface area is 171 Å². The Kier molecular flexibility index (Phi) is 15.5. The fourth-order valence-electron chi connectivity index (χ4n) is 3.36. The van der Waals surface area contributed by atoms with Gasteiger partial charge in [0.1, 0.15) is 0 Å². The smallest absolute Gasteiger partial charge is 0.301 e. The summed E-state index contributed by atoms with van der Waals surface area (Å²) in [6.07, 6.45) is 18.8. The van der Waals surface area contributed by atoms with Gasteiger partial charge in [0.15, 0.2) is 0 Å². The van der Waals surface area contributed by atoms with E-state index in [4.69, 9.17) is 9.79 Å². The van der Waals surface area contributed by atoms with Crippen LogP contribution in [-0.2, 0) is 20.5 Å². The third-order valence-corrected chi connectivity index (χ3v) is 5.24. The number of hydrogen-bond acceptors (Lipinski definition) is 3. The average Bonchev–Trinajstić information content (AvgIpc) is 2.67. The first-order chi connectivity index (χ1) is 13.6. The standard InChI is InChI=1S/C22H39O5P/c23-28(24,25)27-26-21-17-12-10-8-6-4-2-1-3-5-7-9-11-14-18-22-19-15-13-16-20-22/h13,15-16,19-20H,1-12,14,17-18,21H2,(H2,23,24,25). The molecule has 2 N–H and O–H groups in total. The second-order valence-electron chi connectivity index (χ2n) is 7.57. The molecule has 0 fully saturated rings. The molecule has 0 unspecified atom stereocenters. The molecule has 1 aromatic rings. The number of rotatable bonds is 19. The lowest BCUT2D eigenvalue weighted by Crippen LogP contribution is -1.95. The molecule has 1 rings (SSSR count). The van der Waals surface area contributed by atoms with E-state index in [0.29, 0.717) is 0 Å². The van der Waals surface area contributed by atoms with Crippen LogP contribution in [0.1, 0.15) is 95.5 Å². The van der Waals surface area contributed by atoms with Gasteiger partial charge in [0, 0.05) is 0 Å². The van der Waals surface area contributed by atoms with E-state index in [1.807, 2.05) is 0 Å². The van der Waals surface area contributed by atoms with Gasteiger partial charge in [-0.3, -0.25) is 0 Å². The molecule has 5 nitrogen and oxygen atoms in total. The second kappa shape index (κ2) is 17.2. The van der Waals surface area contributed by atoms with Gasteiger partial charge < -0.3 is 9.79 Å². The maximum atomic E-state index is 10.4. The Balaban J connectivity index is 1.70. The largest absolute Gasteiger partial charge is 0.496 e. The van der Waals surface area contributed by atoms with E-state index in [-0.39, 0.29) is 6.61 Å². The van der Waals surface area contributed by atoms with Crippen LogP contribution in [0.4, 0.5) is 0 Å². The predicted octanol–water partition coefficient (Wildman–Crippen LogP) is 6.73. The zero-order valence-electron chi connectivity index (χ0n) is 17.3. The van der Waals surface area contributed by atoms with Crippen LogP contribution < -0.4 is 0 Å². The van der Waals surface area contributed by atoms with E-state index in [1.165, 1.54) is 82.6 Å². The molecule has 0 heterocycles. The number of aryl methyl sites for hydroxylation is 1. The van der Waals surface area contributed by atoms with E-state index in [9.17, 15) is 4.57 Å². The van der Waals surface area contributed by atoms with Crippen molar-refractivity contribution >= 4 is 7.82 Å². The van der Waals surface area contributed by atoms with Crippen molar-refractivity contribution in [1.82, 2.24) is 0 Å². The van der Waals surface area contributed by atoms with E-state index in [1.54, 1.807) is 0 Å². The Morgan fingerprint density at radius 1 is 0.643 bits per heavy atom. The van der Waals surface area contributed by atoms with Gasteiger partial charge >= 0.3 is 7.82 Å². The first-order valence-corrected chi connectivity index (χ1v) is 12.5.